The smallest absolute Gasteiger partial charge is 0.321 e. The number of carboxylic acid groups (broad SMARTS) is 1. The van der Waals surface area contributed by atoms with Crippen LogP contribution >= 0.6 is 0 Å². The minimum atomic E-state index is -0.727. The molecule has 0 saturated carbocycles. The average molecular weight is 291 g/mol. The van der Waals surface area contributed by atoms with Crippen molar-refractivity contribution in [2.45, 2.75) is 39.7 Å². The van der Waals surface area contributed by atoms with Gasteiger partial charge in [-0.1, -0.05) is 31.5 Å². The summed E-state index contributed by atoms with van der Waals surface area (Å²) < 4.78 is 5.73. The van der Waals surface area contributed by atoms with Gasteiger partial charge < -0.3 is 9.84 Å². The van der Waals surface area contributed by atoms with Gasteiger partial charge in [-0.3, -0.25) is 9.69 Å². The number of carboxylic acids is 1. The predicted molar refractivity (Wildman–Crippen MR) is 82.7 cm³/mol. The van der Waals surface area contributed by atoms with E-state index in [1.54, 1.807) is 0 Å². The van der Waals surface area contributed by atoms with Crippen LogP contribution in [0.1, 0.15) is 32.3 Å². The van der Waals surface area contributed by atoms with Gasteiger partial charge in [0.05, 0.1) is 0 Å². The fourth-order valence-corrected chi connectivity index (χ4v) is 3.14. The van der Waals surface area contributed by atoms with E-state index in [-0.39, 0.29) is 5.41 Å². The number of likely N-dealkylation sites (tertiary alicyclic amines) is 1. The molecule has 1 aromatic carbocycles. The van der Waals surface area contributed by atoms with Crippen LogP contribution < -0.4 is 4.74 Å². The Bertz CT molecular complexity index is 481. The first-order chi connectivity index (χ1) is 9.90. The van der Waals surface area contributed by atoms with E-state index in [0.29, 0.717) is 13.2 Å². The second-order valence-corrected chi connectivity index (χ2v) is 6.53. The van der Waals surface area contributed by atoms with E-state index < -0.39 is 12.0 Å². The molecule has 1 aromatic rings. The van der Waals surface area contributed by atoms with Gasteiger partial charge in [0.15, 0.2) is 0 Å². The molecule has 1 unspecified atom stereocenters. The molecule has 1 aliphatic rings. The number of benzene rings is 1. The summed E-state index contributed by atoms with van der Waals surface area (Å²) in [6.45, 7) is 8.11. The summed E-state index contributed by atoms with van der Waals surface area (Å²) in [4.78, 5) is 13.6. The second-order valence-electron chi connectivity index (χ2n) is 6.53. The van der Waals surface area contributed by atoms with Crippen molar-refractivity contribution >= 4 is 5.97 Å². The lowest BCUT2D eigenvalue weighted by Crippen LogP contribution is -2.55. The summed E-state index contributed by atoms with van der Waals surface area (Å²) >= 11 is 0. The normalized spacial score (nSPS) is 22.0. The molecule has 4 heteroatoms. The van der Waals surface area contributed by atoms with Gasteiger partial charge in [-0.2, -0.15) is 0 Å². The van der Waals surface area contributed by atoms with E-state index in [9.17, 15) is 9.90 Å². The Kier molecular flexibility index (Phi) is 4.88. The Morgan fingerprint density at radius 2 is 2.05 bits per heavy atom. The summed E-state index contributed by atoms with van der Waals surface area (Å²) in [5.74, 6) is 0.110. The largest absolute Gasteiger partial charge is 0.492 e. The highest BCUT2D eigenvalue weighted by Gasteiger charge is 2.42. The molecule has 4 nitrogen and oxygen atoms in total. The van der Waals surface area contributed by atoms with Crippen LogP contribution in [0.4, 0.5) is 0 Å². The maximum atomic E-state index is 11.6. The third-order valence-electron chi connectivity index (χ3n) is 4.27. The summed E-state index contributed by atoms with van der Waals surface area (Å²) in [5.41, 5.74) is 1.01. The maximum absolute atomic E-state index is 11.6. The quantitative estimate of drug-likeness (QED) is 0.906. The second kappa shape index (κ2) is 6.48. The van der Waals surface area contributed by atoms with E-state index in [4.69, 9.17) is 4.74 Å². The summed E-state index contributed by atoms with van der Waals surface area (Å²) in [6, 6.07) is 7.50. The molecule has 0 radical (unpaired) electrons. The van der Waals surface area contributed by atoms with Crippen LogP contribution in [0.25, 0.3) is 0 Å². The van der Waals surface area contributed by atoms with Crippen molar-refractivity contribution in [1.82, 2.24) is 4.90 Å². The van der Waals surface area contributed by atoms with Crippen molar-refractivity contribution in [3.8, 4) is 5.75 Å². The molecule has 0 aliphatic carbocycles. The Morgan fingerprint density at radius 1 is 1.38 bits per heavy atom. The van der Waals surface area contributed by atoms with Crippen LogP contribution in [0.3, 0.4) is 0 Å². The summed E-state index contributed by atoms with van der Waals surface area (Å²) in [6.07, 6.45) is 2.00. The van der Waals surface area contributed by atoms with Gasteiger partial charge in [-0.25, -0.2) is 0 Å². The zero-order valence-electron chi connectivity index (χ0n) is 13.1. The third-order valence-corrected chi connectivity index (χ3v) is 4.27. The molecule has 21 heavy (non-hydrogen) atoms. The van der Waals surface area contributed by atoms with Crippen LogP contribution in [-0.2, 0) is 4.79 Å². The van der Waals surface area contributed by atoms with Crippen molar-refractivity contribution < 1.29 is 14.6 Å². The van der Waals surface area contributed by atoms with Gasteiger partial charge >= 0.3 is 5.97 Å². The number of aryl methyl sites for hydroxylation is 1. The van der Waals surface area contributed by atoms with Crippen molar-refractivity contribution in [3.05, 3.63) is 29.8 Å². The summed E-state index contributed by atoms with van der Waals surface area (Å²) in [7, 11) is 0. The molecule has 1 fully saturated rings. The molecular formula is C17H25NO3. The number of ether oxygens (including phenoxy) is 1. The molecule has 0 spiro atoms. The Labute approximate surface area is 126 Å². The molecule has 2 rings (SSSR count). The number of rotatable bonds is 5. The fraction of sp³-hybridized carbons (Fsp3) is 0.588. The standard InChI is InChI=1S/C17H25NO3/c1-13-5-7-14(8-6-13)21-12-11-18-10-4-9-17(2,3)15(18)16(19)20/h5-8,15H,4,9-12H2,1-3H3,(H,19,20). The van der Waals surface area contributed by atoms with E-state index in [2.05, 4.69) is 0 Å². The first kappa shape index (κ1) is 15.8. The minimum Gasteiger partial charge on any atom is -0.492 e. The molecule has 0 aromatic heterocycles. The molecule has 0 amide bonds. The molecule has 1 aliphatic heterocycles. The molecule has 1 atom stereocenters. The van der Waals surface area contributed by atoms with Gasteiger partial charge in [0.25, 0.3) is 0 Å². The van der Waals surface area contributed by atoms with Crippen molar-refractivity contribution in [1.29, 1.82) is 0 Å². The summed E-state index contributed by atoms with van der Waals surface area (Å²) in [5, 5.41) is 9.51. The van der Waals surface area contributed by atoms with E-state index >= 15 is 0 Å². The minimum absolute atomic E-state index is 0.187. The number of piperidine rings is 1. The highest BCUT2D eigenvalue weighted by Crippen LogP contribution is 2.35. The fourth-order valence-electron chi connectivity index (χ4n) is 3.14. The SMILES string of the molecule is Cc1ccc(OCCN2CCCC(C)(C)C2C(=O)O)cc1. The lowest BCUT2D eigenvalue weighted by molar-refractivity contribution is -0.150. The highest BCUT2D eigenvalue weighted by molar-refractivity contribution is 5.74. The zero-order chi connectivity index (χ0) is 15.5. The maximum Gasteiger partial charge on any atom is 0.321 e. The van der Waals surface area contributed by atoms with Gasteiger partial charge in [0, 0.05) is 6.54 Å². The predicted octanol–water partition coefficient (Wildman–Crippen LogP) is 2.95. The lowest BCUT2D eigenvalue weighted by atomic mass is 9.76. The Balaban J connectivity index is 1.91. The van der Waals surface area contributed by atoms with Crippen molar-refractivity contribution in [3.63, 3.8) is 0 Å². The molecule has 1 N–H and O–H groups in total. The van der Waals surface area contributed by atoms with Crippen LogP contribution in [-0.4, -0.2) is 41.7 Å². The van der Waals surface area contributed by atoms with Crippen LogP contribution in [0, 0.1) is 12.3 Å². The first-order valence-corrected chi connectivity index (χ1v) is 7.56. The monoisotopic (exact) mass is 291 g/mol. The molecular weight excluding hydrogens is 266 g/mol. The molecule has 0 bridgehead atoms. The molecule has 1 heterocycles. The molecule has 116 valence electrons. The third kappa shape index (κ3) is 3.97. The lowest BCUT2D eigenvalue weighted by Gasteiger charge is -2.43. The highest BCUT2D eigenvalue weighted by atomic mass is 16.5. The molecule has 1 saturated heterocycles. The average Bonchev–Trinajstić information content (AvgIpc) is 2.39. The van der Waals surface area contributed by atoms with Crippen molar-refractivity contribution in [2.75, 3.05) is 19.7 Å². The van der Waals surface area contributed by atoms with Gasteiger partial charge in [0.1, 0.15) is 18.4 Å². The number of carbonyl (C=O) groups is 1. The number of hydrogen-bond acceptors (Lipinski definition) is 3. The van der Waals surface area contributed by atoms with E-state index in [1.165, 1.54) is 5.56 Å². The first-order valence-electron chi connectivity index (χ1n) is 7.56. The Morgan fingerprint density at radius 3 is 2.67 bits per heavy atom. The topological polar surface area (TPSA) is 49.8 Å². The van der Waals surface area contributed by atoms with Crippen LogP contribution in [0.15, 0.2) is 24.3 Å². The zero-order valence-corrected chi connectivity index (χ0v) is 13.1. The number of hydrogen-bond donors (Lipinski definition) is 1. The van der Waals surface area contributed by atoms with E-state index in [0.717, 1.165) is 25.1 Å². The van der Waals surface area contributed by atoms with Gasteiger partial charge in [-0.15, -0.1) is 0 Å². The number of nitrogens with zero attached hydrogens (tertiary/aromatic N) is 1. The van der Waals surface area contributed by atoms with E-state index in [1.807, 2.05) is 49.9 Å². The van der Waals surface area contributed by atoms with Gasteiger partial charge in [-0.05, 0) is 43.9 Å². The van der Waals surface area contributed by atoms with Gasteiger partial charge in [0.2, 0.25) is 0 Å². The Hall–Kier alpha value is -1.55. The van der Waals surface area contributed by atoms with Crippen LogP contribution in [0.2, 0.25) is 0 Å². The number of aliphatic carboxylic acids is 1. The van der Waals surface area contributed by atoms with Crippen LogP contribution in [0.5, 0.6) is 5.75 Å². The van der Waals surface area contributed by atoms with Crippen molar-refractivity contribution in [2.24, 2.45) is 5.41 Å².